The van der Waals surface area contributed by atoms with E-state index in [0.29, 0.717) is 12.8 Å². The summed E-state index contributed by atoms with van der Waals surface area (Å²) >= 11 is 3.43. The van der Waals surface area contributed by atoms with Gasteiger partial charge in [0.05, 0.1) is 24.3 Å². The SMILES string of the molecule is COCC(O)CN(C)C(=O)CCc1ccc(OC)c(Br)c1. The van der Waals surface area contributed by atoms with Gasteiger partial charge in [0.15, 0.2) is 0 Å². The molecule has 0 aliphatic heterocycles. The zero-order chi connectivity index (χ0) is 15.8. The first-order chi connectivity index (χ1) is 9.97. The average molecular weight is 360 g/mol. The van der Waals surface area contributed by atoms with E-state index in [4.69, 9.17) is 9.47 Å². The predicted molar refractivity (Wildman–Crippen MR) is 84.5 cm³/mol. The Morgan fingerprint density at radius 2 is 2.14 bits per heavy atom. The van der Waals surface area contributed by atoms with Crippen molar-refractivity contribution in [2.45, 2.75) is 18.9 Å². The molecule has 6 heteroatoms. The van der Waals surface area contributed by atoms with E-state index in [-0.39, 0.29) is 19.1 Å². The summed E-state index contributed by atoms with van der Waals surface area (Å²) in [6.07, 6.45) is 0.389. The average Bonchev–Trinajstić information content (AvgIpc) is 2.45. The number of aryl methyl sites for hydroxylation is 1. The summed E-state index contributed by atoms with van der Waals surface area (Å²) in [6.45, 7) is 0.502. The fraction of sp³-hybridized carbons (Fsp3) is 0.533. The van der Waals surface area contributed by atoms with Crippen LogP contribution in [0.5, 0.6) is 5.75 Å². The van der Waals surface area contributed by atoms with Crippen molar-refractivity contribution in [1.82, 2.24) is 4.90 Å². The molecule has 0 heterocycles. The number of methoxy groups -OCH3 is 2. The zero-order valence-electron chi connectivity index (χ0n) is 12.6. The molecule has 1 amide bonds. The van der Waals surface area contributed by atoms with Crippen molar-refractivity contribution in [3.05, 3.63) is 28.2 Å². The number of benzene rings is 1. The van der Waals surface area contributed by atoms with Gasteiger partial charge in [-0.3, -0.25) is 4.79 Å². The highest BCUT2D eigenvalue weighted by molar-refractivity contribution is 9.10. The minimum Gasteiger partial charge on any atom is -0.496 e. The van der Waals surface area contributed by atoms with Crippen LogP contribution in [0.1, 0.15) is 12.0 Å². The van der Waals surface area contributed by atoms with Crippen molar-refractivity contribution in [3.63, 3.8) is 0 Å². The van der Waals surface area contributed by atoms with Gasteiger partial charge in [-0.25, -0.2) is 0 Å². The Bertz CT molecular complexity index is 467. The van der Waals surface area contributed by atoms with Crippen LogP contribution >= 0.6 is 15.9 Å². The topological polar surface area (TPSA) is 59.0 Å². The van der Waals surface area contributed by atoms with Crippen LogP contribution in [-0.2, 0) is 16.0 Å². The highest BCUT2D eigenvalue weighted by Gasteiger charge is 2.13. The minimum atomic E-state index is -0.654. The Hall–Kier alpha value is -1.11. The monoisotopic (exact) mass is 359 g/mol. The lowest BCUT2D eigenvalue weighted by molar-refractivity contribution is -0.131. The van der Waals surface area contributed by atoms with Gasteiger partial charge < -0.3 is 19.5 Å². The molecule has 1 aromatic carbocycles. The van der Waals surface area contributed by atoms with Gasteiger partial charge in [0, 0.05) is 27.1 Å². The van der Waals surface area contributed by atoms with Crippen LogP contribution in [0.2, 0.25) is 0 Å². The number of hydrogen-bond donors (Lipinski definition) is 1. The molecule has 0 aliphatic carbocycles. The molecule has 1 aromatic rings. The van der Waals surface area contributed by atoms with E-state index in [2.05, 4.69) is 15.9 Å². The summed E-state index contributed by atoms with van der Waals surface area (Å²) in [5, 5.41) is 9.61. The van der Waals surface area contributed by atoms with Gasteiger partial charge in [-0.05, 0) is 40.0 Å². The molecule has 0 aliphatic rings. The van der Waals surface area contributed by atoms with Crippen molar-refractivity contribution in [2.24, 2.45) is 0 Å². The fourth-order valence-corrected chi connectivity index (χ4v) is 2.56. The number of aliphatic hydroxyl groups is 1. The molecule has 0 spiro atoms. The van der Waals surface area contributed by atoms with Gasteiger partial charge in [0.25, 0.3) is 0 Å². The van der Waals surface area contributed by atoms with Gasteiger partial charge in [0.1, 0.15) is 5.75 Å². The first-order valence-corrected chi connectivity index (χ1v) is 7.50. The number of ether oxygens (including phenoxy) is 2. The van der Waals surface area contributed by atoms with Gasteiger partial charge in [-0.1, -0.05) is 6.07 Å². The third-order valence-electron chi connectivity index (χ3n) is 3.11. The van der Waals surface area contributed by atoms with Crippen LogP contribution in [0.4, 0.5) is 0 Å². The number of aliphatic hydroxyl groups excluding tert-OH is 1. The highest BCUT2D eigenvalue weighted by atomic mass is 79.9. The first-order valence-electron chi connectivity index (χ1n) is 6.71. The maximum absolute atomic E-state index is 12.0. The van der Waals surface area contributed by atoms with E-state index in [1.807, 2.05) is 18.2 Å². The van der Waals surface area contributed by atoms with Crippen LogP contribution in [0.25, 0.3) is 0 Å². The maximum Gasteiger partial charge on any atom is 0.222 e. The Kier molecular flexibility index (Phi) is 7.71. The predicted octanol–water partition coefficient (Wildman–Crippen LogP) is 1.86. The van der Waals surface area contributed by atoms with Crippen LogP contribution in [0.15, 0.2) is 22.7 Å². The molecule has 1 atom stereocenters. The number of carbonyl (C=O) groups is 1. The smallest absolute Gasteiger partial charge is 0.222 e. The summed E-state index contributed by atoms with van der Waals surface area (Å²) in [5.41, 5.74) is 1.06. The summed E-state index contributed by atoms with van der Waals surface area (Å²) < 4.78 is 10.9. The molecule has 1 rings (SSSR count). The summed E-state index contributed by atoms with van der Waals surface area (Å²) in [5.74, 6) is 0.766. The number of carbonyl (C=O) groups excluding carboxylic acids is 1. The quantitative estimate of drug-likeness (QED) is 0.769. The minimum absolute atomic E-state index is 0.00269. The Balaban J connectivity index is 2.47. The van der Waals surface area contributed by atoms with E-state index >= 15 is 0 Å². The number of hydrogen-bond acceptors (Lipinski definition) is 4. The number of likely N-dealkylation sites (N-methyl/N-ethyl adjacent to an activating group) is 1. The van der Waals surface area contributed by atoms with E-state index in [1.54, 1.807) is 14.2 Å². The van der Waals surface area contributed by atoms with E-state index in [1.165, 1.54) is 12.0 Å². The zero-order valence-corrected chi connectivity index (χ0v) is 14.2. The molecule has 0 saturated heterocycles. The molecule has 0 saturated carbocycles. The number of nitrogens with zero attached hydrogens (tertiary/aromatic N) is 1. The second-order valence-corrected chi connectivity index (χ2v) is 5.71. The normalized spacial score (nSPS) is 12.0. The Morgan fingerprint density at radius 3 is 2.71 bits per heavy atom. The molecule has 1 unspecified atom stereocenters. The maximum atomic E-state index is 12.0. The summed E-state index contributed by atoms with van der Waals surface area (Å²) in [4.78, 5) is 13.5. The van der Waals surface area contributed by atoms with Crippen LogP contribution < -0.4 is 4.74 Å². The van der Waals surface area contributed by atoms with Crippen molar-refractivity contribution in [1.29, 1.82) is 0 Å². The first kappa shape index (κ1) is 17.9. The Morgan fingerprint density at radius 1 is 1.43 bits per heavy atom. The molecule has 0 fully saturated rings. The fourth-order valence-electron chi connectivity index (χ4n) is 1.97. The third kappa shape index (κ3) is 6.03. The lowest BCUT2D eigenvalue weighted by Gasteiger charge is -2.20. The van der Waals surface area contributed by atoms with Crippen molar-refractivity contribution in [2.75, 3.05) is 34.4 Å². The molecule has 1 N–H and O–H groups in total. The van der Waals surface area contributed by atoms with E-state index in [0.717, 1.165) is 15.8 Å². The summed E-state index contributed by atoms with van der Waals surface area (Å²) in [7, 11) is 4.82. The number of amides is 1. The lowest BCUT2D eigenvalue weighted by Crippen LogP contribution is -2.36. The highest BCUT2D eigenvalue weighted by Crippen LogP contribution is 2.26. The van der Waals surface area contributed by atoms with Crippen LogP contribution in [0.3, 0.4) is 0 Å². The van der Waals surface area contributed by atoms with Gasteiger partial charge in [0.2, 0.25) is 5.91 Å². The van der Waals surface area contributed by atoms with E-state index < -0.39 is 6.10 Å². The third-order valence-corrected chi connectivity index (χ3v) is 3.73. The Labute approximate surface area is 134 Å². The molecular formula is C15H22BrNO4. The molecule has 0 bridgehead atoms. The van der Waals surface area contributed by atoms with Crippen molar-refractivity contribution < 1.29 is 19.4 Å². The van der Waals surface area contributed by atoms with Crippen molar-refractivity contribution >= 4 is 21.8 Å². The molecule has 0 aromatic heterocycles. The van der Waals surface area contributed by atoms with Crippen molar-refractivity contribution in [3.8, 4) is 5.75 Å². The molecule has 0 radical (unpaired) electrons. The van der Waals surface area contributed by atoms with E-state index in [9.17, 15) is 9.90 Å². The molecule has 118 valence electrons. The number of rotatable bonds is 8. The second kappa shape index (κ2) is 9.02. The number of halogens is 1. The lowest BCUT2D eigenvalue weighted by atomic mass is 10.1. The second-order valence-electron chi connectivity index (χ2n) is 4.85. The molecular weight excluding hydrogens is 338 g/mol. The largest absolute Gasteiger partial charge is 0.496 e. The van der Waals surface area contributed by atoms with Gasteiger partial charge >= 0.3 is 0 Å². The van der Waals surface area contributed by atoms with Gasteiger partial charge in [-0.2, -0.15) is 0 Å². The standard InChI is InChI=1S/C15H22BrNO4/c1-17(9-12(18)10-20-2)15(19)7-5-11-4-6-14(21-3)13(16)8-11/h4,6,8,12,18H,5,7,9-10H2,1-3H3. The summed E-state index contributed by atoms with van der Waals surface area (Å²) in [6, 6.07) is 5.76. The molecule has 21 heavy (non-hydrogen) atoms. The van der Waals surface area contributed by atoms with Gasteiger partial charge in [-0.15, -0.1) is 0 Å². The molecule has 5 nitrogen and oxygen atoms in total. The van der Waals surface area contributed by atoms with Crippen LogP contribution in [-0.4, -0.2) is 56.4 Å². The van der Waals surface area contributed by atoms with Crippen LogP contribution in [0, 0.1) is 0 Å².